The van der Waals surface area contributed by atoms with Crippen molar-refractivity contribution < 1.29 is 14.3 Å². The zero-order valence-corrected chi connectivity index (χ0v) is 14.0. The molecule has 0 fully saturated rings. The second-order valence-corrected chi connectivity index (χ2v) is 6.14. The standard InChI is InChI=1S/C16H20N2O3S/c1-11(2)16(3,10-17)18-14(19)9-21-15(20)12-7-5-6-8-13(12)22-4/h5-8,11H,9H2,1-4H3,(H,18,19)/t16-/m1/s1. The number of nitrogens with one attached hydrogen (secondary N) is 1. The summed E-state index contributed by atoms with van der Waals surface area (Å²) in [7, 11) is 0. The Hall–Kier alpha value is -2.00. The molecule has 1 aromatic rings. The molecule has 1 atom stereocenters. The Morgan fingerprint density at radius 3 is 2.59 bits per heavy atom. The maximum absolute atomic E-state index is 12.0. The Morgan fingerprint density at radius 2 is 2.05 bits per heavy atom. The minimum atomic E-state index is -0.985. The van der Waals surface area contributed by atoms with Gasteiger partial charge < -0.3 is 10.1 Å². The molecule has 118 valence electrons. The number of carbonyl (C=O) groups is 2. The first-order valence-electron chi connectivity index (χ1n) is 6.86. The molecule has 0 aromatic heterocycles. The van der Waals surface area contributed by atoms with Gasteiger partial charge in [0.2, 0.25) is 0 Å². The maximum atomic E-state index is 12.0. The minimum Gasteiger partial charge on any atom is -0.452 e. The quantitative estimate of drug-likeness (QED) is 0.644. The fraction of sp³-hybridized carbons (Fsp3) is 0.438. The lowest BCUT2D eigenvalue weighted by atomic mass is 9.90. The first kappa shape index (κ1) is 18.1. The van der Waals surface area contributed by atoms with E-state index in [9.17, 15) is 9.59 Å². The number of esters is 1. The molecule has 0 heterocycles. The van der Waals surface area contributed by atoms with Crippen LogP contribution in [0.2, 0.25) is 0 Å². The van der Waals surface area contributed by atoms with E-state index in [-0.39, 0.29) is 5.92 Å². The molecule has 0 radical (unpaired) electrons. The zero-order chi connectivity index (χ0) is 16.8. The van der Waals surface area contributed by atoms with E-state index >= 15 is 0 Å². The molecule has 5 nitrogen and oxygen atoms in total. The van der Waals surface area contributed by atoms with Gasteiger partial charge in [-0.2, -0.15) is 5.26 Å². The van der Waals surface area contributed by atoms with Gasteiger partial charge in [-0.1, -0.05) is 26.0 Å². The number of hydrogen-bond donors (Lipinski definition) is 1. The summed E-state index contributed by atoms with van der Waals surface area (Å²) in [5, 5.41) is 11.7. The third-order valence-electron chi connectivity index (χ3n) is 3.45. The average molecular weight is 320 g/mol. The number of benzene rings is 1. The fourth-order valence-corrected chi connectivity index (χ4v) is 2.24. The summed E-state index contributed by atoms with van der Waals surface area (Å²) >= 11 is 1.43. The molecule has 1 N–H and O–H groups in total. The highest BCUT2D eigenvalue weighted by atomic mass is 32.2. The average Bonchev–Trinajstić information content (AvgIpc) is 2.52. The Labute approximate surface area is 135 Å². The van der Waals surface area contributed by atoms with Gasteiger partial charge in [-0.05, 0) is 31.2 Å². The number of rotatable bonds is 6. The van der Waals surface area contributed by atoms with Crippen LogP contribution < -0.4 is 5.32 Å². The van der Waals surface area contributed by atoms with Crippen LogP contribution in [0.25, 0.3) is 0 Å². The van der Waals surface area contributed by atoms with E-state index in [0.717, 1.165) is 4.90 Å². The number of nitrogens with zero attached hydrogens (tertiary/aromatic N) is 1. The van der Waals surface area contributed by atoms with Crippen molar-refractivity contribution in [1.82, 2.24) is 5.32 Å². The number of thioether (sulfide) groups is 1. The molecule has 0 unspecified atom stereocenters. The molecule has 1 rings (SSSR count). The summed E-state index contributed by atoms with van der Waals surface area (Å²) in [6.45, 7) is 4.90. The zero-order valence-electron chi connectivity index (χ0n) is 13.2. The molecule has 1 amide bonds. The third kappa shape index (κ3) is 4.50. The van der Waals surface area contributed by atoms with Gasteiger partial charge >= 0.3 is 5.97 Å². The molecule has 0 saturated carbocycles. The van der Waals surface area contributed by atoms with Crippen molar-refractivity contribution in [2.45, 2.75) is 31.2 Å². The van der Waals surface area contributed by atoms with Gasteiger partial charge in [-0.15, -0.1) is 11.8 Å². The van der Waals surface area contributed by atoms with E-state index in [0.29, 0.717) is 5.56 Å². The van der Waals surface area contributed by atoms with Crippen LogP contribution in [0.5, 0.6) is 0 Å². The van der Waals surface area contributed by atoms with Gasteiger partial charge in [0.05, 0.1) is 11.6 Å². The molecule has 0 spiro atoms. The predicted octanol–water partition coefficient (Wildman–Crippen LogP) is 2.62. The van der Waals surface area contributed by atoms with E-state index in [2.05, 4.69) is 11.4 Å². The largest absolute Gasteiger partial charge is 0.452 e. The topological polar surface area (TPSA) is 79.2 Å². The van der Waals surface area contributed by atoms with Crippen LogP contribution in [0.15, 0.2) is 29.2 Å². The van der Waals surface area contributed by atoms with Crippen molar-refractivity contribution in [1.29, 1.82) is 5.26 Å². The molecule has 1 aromatic carbocycles. The minimum absolute atomic E-state index is 0.0608. The second kappa shape index (κ2) is 7.85. The molecule has 0 aliphatic rings. The summed E-state index contributed by atoms with van der Waals surface area (Å²) < 4.78 is 5.03. The van der Waals surface area contributed by atoms with E-state index in [1.54, 1.807) is 19.1 Å². The van der Waals surface area contributed by atoms with Crippen LogP contribution in [-0.2, 0) is 9.53 Å². The predicted molar refractivity (Wildman–Crippen MR) is 85.5 cm³/mol. The van der Waals surface area contributed by atoms with Crippen LogP contribution in [0, 0.1) is 17.2 Å². The maximum Gasteiger partial charge on any atom is 0.339 e. The van der Waals surface area contributed by atoms with Crippen LogP contribution >= 0.6 is 11.8 Å². The number of carbonyl (C=O) groups excluding carboxylic acids is 2. The number of nitriles is 1. The smallest absolute Gasteiger partial charge is 0.339 e. The van der Waals surface area contributed by atoms with Crippen molar-refractivity contribution in [2.75, 3.05) is 12.9 Å². The van der Waals surface area contributed by atoms with Crippen LogP contribution in [0.4, 0.5) is 0 Å². The second-order valence-electron chi connectivity index (χ2n) is 5.29. The van der Waals surface area contributed by atoms with E-state index in [4.69, 9.17) is 10.00 Å². The van der Waals surface area contributed by atoms with Gasteiger partial charge in [0.25, 0.3) is 5.91 Å². The fourth-order valence-electron chi connectivity index (χ4n) is 1.65. The molecule has 22 heavy (non-hydrogen) atoms. The van der Waals surface area contributed by atoms with Gasteiger partial charge in [0.15, 0.2) is 6.61 Å². The van der Waals surface area contributed by atoms with Crippen LogP contribution in [0.1, 0.15) is 31.1 Å². The molecular formula is C16H20N2O3S. The van der Waals surface area contributed by atoms with Crippen LogP contribution in [-0.4, -0.2) is 30.3 Å². The molecular weight excluding hydrogens is 300 g/mol. The first-order valence-corrected chi connectivity index (χ1v) is 8.09. The summed E-state index contributed by atoms with van der Waals surface area (Å²) in [6, 6.07) is 9.10. The van der Waals surface area contributed by atoms with Crippen molar-refractivity contribution in [3.05, 3.63) is 29.8 Å². The first-order chi connectivity index (χ1) is 10.3. The molecule has 6 heteroatoms. The highest BCUT2D eigenvalue weighted by Crippen LogP contribution is 2.20. The monoisotopic (exact) mass is 320 g/mol. The van der Waals surface area contributed by atoms with Gasteiger partial charge in [-0.25, -0.2) is 4.79 Å². The highest BCUT2D eigenvalue weighted by molar-refractivity contribution is 7.98. The van der Waals surface area contributed by atoms with Crippen molar-refractivity contribution in [3.8, 4) is 6.07 Å². The highest BCUT2D eigenvalue weighted by Gasteiger charge is 2.30. The lowest BCUT2D eigenvalue weighted by Gasteiger charge is -2.27. The van der Waals surface area contributed by atoms with E-state index in [1.807, 2.05) is 32.2 Å². The van der Waals surface area contributed by atoms with Gasteiger partial charge in [-0.3, -0.25) is 4.79 Å². The van der Waals surface area contributed by atoms with Crippen molar-refractivity contribution in [2.24, 2.45) is 5.92 Å². The Balaban J connectivity index is 2.65. The van der Waals surface area contributed by atoms with E-state index < -0.39 is 24.0 Å². The third-order valence-corrected chi connectivity index (χ3v) is 4.24. The van der Waals surface area contributed by atoms with E-state index in [1.165, 1.54) is 11.8 Å². The van der Waals surface area contributed by atoms with Crippen molar-refractivity contribution >= 4 is 23.6 Å². The Morgan fingerprint density at radius 1 is 1.41 bits per heavy atom. The molecule has 0 bridgehead atoms. The summed E-state index contributed by atoms with van der Waals surface area (Å²) in [5.74, 6) is -1.11. The lowest BCUT2D eigenvalue weighted by Crippen LogP contribution is -2.50. The van der Waals surface area contributed by atoms with Gasteiger partial charge in [0.1, 0.15) is 5.54 Å². The molecule has 0 aliphatic carbocycles. The number of hydrogen-bond acceptors (Lipinski definition) is 5. The number of ether oxygens (including phenoxy) is 1. The summed E-state index contributed by atoms with van der Waals surface area (Å²) in [5.41, 5.74) is -0.560. The van der Waals surface area contributed by atoms with Gasteiger partial charge in [0, 0.05) is 4.90 Å². The SMILES string of the molecule is CSc1ccccc1C(=O)OCC(=O)N[C@](C)(C#N)C(C)C. The summed E-state index contributed by atoms with van der Waals surface area (Å²) in [4.78, 5) is 24.7. The lowest BCUT2D eigenvalue weighted by molar-refractivity contribution is -0.125. The molecule has 0 saturated heterocycles. The molecule has 0 aliphatic heterocycles. The summed E-state index contributed by atoms with van der Waals surface area (Å²) in [6.07, 6.45) is 1.86. The Kier molecular flexibility index (Phi) is 6.44. The number of amides is 1. The van der Waals surface area contributed by atoms with Crippen molar-refractivity contribution in [3.63, 3.8) is 0 Å². The normalized spacial score (nSPS) is 13.1. The Bertz CT molecular complexity index is 595. The van der Waals surface area contributed by atoms with Crippen LogP contribution in [0.3, 0.4) is 0 Å².